The summed E-state index contributed by atoms with van der Waals surface area (Å²) in [5, 5.41) is 11.6. The number of carbonyl (C=O) groups excluding carboxylic acids is 3. The van der Waals surface area contributed by atoms with Crippen molar-refractivity contribution >= 4 is 17.9 Å². The molecule has 0 aliphatic heterocycles. The van der Waals surface area contributed by atoms with Gasteiger partial charge in [0.05, 0.1) is 40.3 Å². The average molecular weight is 726 g/mol. The van der Waals surface area contributed by atoms with Crippen LogP contribution in [0, 0.1) is 0 Å². The van der Waals surface area contributed by atoms with E-state index < -0.39 is 24.3 Å². The van der Waals surface area contributed by atoms with E-state index in [1.165, 1.54) is 89.9 Å². The van der Waals surface area contributed by atoms with Crippen LogP contribution in [0.25, 0.3) is 0 Å². The van der Waals surface area contributed by atoms with Crippen LogP contribution in [0.3, 0.4) is 0 Å². The number of esters is 2. The fraction of sp³-hybridized carbons (Fsp3) is 0.881. The number of rotatable bonds is 38. The Morgan fingerprint density at radius 2 is 1.02 bits per heavy atom. The lowest BCUT2D eigenvalue weighted by Crippen LogP contribution is -2.44. The van der Waals surface area contributed by atoms with Crippen molar-refractivity contribution in [2.24, 2.45) is 0 Å². The minimum absolute atomic E-state index is 0.149. The van der Waals surface area contributed by atoms with Gasteiger partial charge in [0.1, 0.15) is 13.2 Å². The first-order chi connectivity index (χ1) is 24.6. The number of carboxylic acids is 1. The number of ether oxygens (including phenoxy) is 4. The molecule has 9 heteroatoms. The molecule has 0 saturated heterocycles. The van der Waals surface area contributed by atoms with Crippen LogP contribution in [0.1, 0.15) is 181 Å². The molecule has 0 aliphatic carbocycles. The van der Waals surface area contributed by atoms with Gasteiger partial charge in [-0.15, -0.1) is 0 Å². The predicted octanol–water partition coefficient (Wildman–Crippen LogP) is 9.00. The largest absolute Gasteiger partial charge is 0.545 e. The van der Waals surface area contributed by atoms with Crippen molar-refractivity contribution in [3.8, 4) is 0 Å². The fourth-order valence-corrected chi connectivity index (χ4v) is 5.69. The molecule has 0 aromatic carbocycles. The second kappa shape index (κ2) is 35.1. The van der Waals surface area contributed by atoms with Crippen molar-refractivity contribution in [2.75, 3.05) is 47.5 Å². The molecule has 2 unspecified atom stereocenters. The van der Waals surface area contributed by atoms with Crippen LogP contribution >= 0.6 is 0 Å². The van der Waals surface area contributed by atoms with E-state index in [0.29, 0.717) is 23.9 Å². The number of hydrogen-bond donors (Lipinski definition) is 0. The lowest BCUT2D eigenvalue weighted by molar-refractivity contribution is -0.870. The molecule has 2 atom stereocenters. The quantitative estimate of drug-likeness (QED) is 0.0204. The first-order valence-electron chi connectivity index (χ1n) is 20.8. The van der Waals surface area contributed by atoms with Crippen molar-refractivity contribution in [3.05, 3.63) is 12.2 Å². The molecular weight excluding hydrogens is 646 g/mol. The molecule has 0 fully saturated rings. The van der Waals surface area contributed by atoms with Crippen LogP contribution in [0.15, 0.2) is 12.2 Å². The number of allylic oxidation sites excluding steroid dienone is 2. The molecule has 51 heavy (non-hydrogen) atoms. The van der Waals surface area contributed by atoms with E-state index in [-0.39, 0.29) is 32.2 Å². The first kappa shape index (κ1) is 49.0. The summed E-state index contributed by atoms with van der Waals surface area (Å²) in [6.45, 7) is 4.69. The van der Waals surface area contributed by atoms with Gasteiger partial charge in [-0.3, -0.25) is 9.59 Å². The predicted molar refractivity (Wildman–Crippen MR) is 205 cm³/mol. The number of unbranched alkanes of at least 4 members (excludes halogenated alkanes) is 21. The number of hydrogen-bond acceptors (Lipinski definition) is 8. The Morgan fingerprint density at radius 3 is 1.51 bits per heavy atom. The molecule has 0 radical (unpaired) electrons. The van der Waals surface area contributed by atoms with E-state index in [4.69, 9.17) is 18.9 Å². The molecule has 0 amide bonds. The summed E-state index contributed by atoms with van der Waals surface area (Å²) in [5.74, 6) is -2.29. The third-order valence-electron chi connectivity index (χ3n) is 9.01. The molecule has 0 aromatic rings. The monoisotopic (exact) mass is 726 g/mol. The summed E-state index contributed by atoms with van der Waals surface area (Å²) in [6.07, 6.45) is 31.0. The Morgan fingerprint density at radius 1 is 0.569 bits per heavy atom. The van der Waals surface area contributed by atoms with Crippen molar-refractivity contribution in [3.63, 3.8) is 0 Å². The lowest BCUT2D eigenvalue weighted by atomic mass is 10.0. The van der Waals surface area contributed by atoms with Crippen molar-refractivity contribution in [2.45, 2.75) is 193 Å². The summed E-state index contributed by atoms with van der Waals surface area (Å²) < 4.78 is 22.5. The van der Waals surface area contributed by atoms with Crippen LogP contribution in [-0.2, 0) is 33.3 Å². The minimum atomic E-state index is -1.62. The SMILES string of the molecule is CCCC/C=C\CCCCCCCC(=O)OC(COC(=O)CCCCCCCCCCCCCCCCC)COC(OCC[N+](C)(C)C)C(=O)[O-]. The number of likely N-dealkylation sites (N-methyl/N-ethyl adjacent to an activating group) is 1. The Bertz CT molecular complexity index is 856. The van der Waals surface area contributed by atoms with Gasteiger partial charge in [-0.05, 0) is 32.1 Å². The maximum absolute atomic E-state index is 12.7. The zero-order valence-corrected chi connectivity index (χ0v) is 33.7. The van der Waals surface area contributed by atoms with Gasteiger partial charge >= 0.3 is 11.9 Å². The summed E-state index contributed by atoms with van der Waals surface area (Å²) in [7, 11) is 5.90. The van der Waals surface area contributed by atoms with Crippen LogP contribution in [0.2, 0.25) is 0 Å². The van der Waals surface area contributed by atoms with Crippen LogP contribution < -0.4 is 5.11 Å². The van der Waals surface area contributed by atoms with Crippen LogP contribution in [0.5, 0.6) is 0 Å². The van der Waals surface area contributed by atoms with Crippen molar-refractivity contribution in [1.82, 2.24) is 0 Å². The molecule has 0 N–H and O–H groups in total. The number of carboxylic acid groups (broad SMARTS) is 1. The van der Waals surface area contributed by atoms with Gasteiger partial charge in [0.2, 0.25) is 0 Å². The Hall–Kier alpha value is -1.97. The number of nitrogens with zero attached hydrogens (tertiary/aromatic N) is 1. The highest BCUT2D eigenvalue weighted by molar-refractivity contribution is 5.70. The third kappa shape index (κ3) is 36.2. The van der Waals surface area contributed by atoms with Gasteiger partial charge in [0, 0.05) is 12.8 Å². The topological polar surface area (TPSA) is 111 Å². The Labute approximate surface area is 313 Å². The minimum Gasteiger partial charge on any atom is -0.545 e. The van der Waals surface area contributed by atoms with Crippen molar-refractivity contribution in [1.29, 1.82) is 0 Å². The summed E-state index contributed by atoms with van der Waals surface area (Å²) in [4.78, 5) is 36.8. The highest BCUT2D eigenvalue weighted by atomic mass is 16.7. The average Bonchev–Trinajstić information content (AvgIpc) is 3.08. The molecule has 0 aromatic heterocycles. The first-order valence-corrected chi connectivity index (χ1v) is 20.8. The summed E-state index contributed by atoms with van der Waals surface area (Å²) in [6, 6.07) is 0. The molecule has 300 valence electrons. The number of quaternary nitrogens is 1. The molecule has 0 heterocycles. The zero-order valence-electron chi connectivity index (χ0n) is 33.7. The normalized spacial score (nSPS) is 13.0. The van der Waals surface area contributed by atoms with Gasteiger partial charge in [-0.25, -0.2) is 0 Å². The van der Waals surface area contributed by atoms with E-state index in [0.717, 1.165) is 57.8 Å². The highest BCUT2D eigenvalue weighted by Crippen LogP contribution is 2.15. The maximum atomic E-state index is 12.7. The van der Waals surface area contributed by atoms with E-state index in [1.54, 1.807) is 0 Å². The molecule has 0 spiro atoms. The second-order valence-electron chi connectivity index (χ2n) is 15.3. The molecule has 0 saturated carbocycles. The molecule has 0 bridgehead atoms. The van der Waals surface area contributed by atoms with E-state index >= 15 is 0 Å². The molecule has 9 nitrogen and oxygen atoms in total. The molecular formula is C42H79NO8. The molecule has 0 rings (SSSR count). The second-order valence-corrected chi connectivity index (χ2v) is 15.3. The Kier molecular flexibility index (Phi) is 33.7. The van der Waals surface area contributed by atoms with Gasteiger partial charge in [-0.2, -0.15) is 0 Å². The van der Waals surface area contributed by atoms with Gasteiger partial charge in [0.25, 0.3) is 0 Å². The van der Waals surface area contributed by atoms with Crippen molar-refractivity contribution < 1.29 is 42.9 Å². The van der Waals surface area contributed by atoms with Crippen LogP contribution in [0.4, 0.5) is 0 Å². The van der Waals surface area contributed by atoms with E-state index in [2.05, 4.69) is 26.0 Å². The Balaban J connectivity index is 4.45. The zero-order chi connectivity index (χ0) is 37.8. The lowest BCUT2D eigenvalue weighted by Gasteiger charge is -2.26. The smallest absolute Gasteiger partial charge is 0.306 e. The standard InChI is InChI=1S/C42H79NO8/c1-6-8-10-12-14-16-18-19-20-21-23-24-26-28-30-32-39(44)49-36-38(37-50-42(41(46)47)48-35-34-43(3,4)5)51-40(45)33-31-29-27-25-22-17-15-13-11-9-7-2/h13,15,38,42H,6-12,14,16-37H2,1-5H3/b15-13-. The number of carbonyl (C=O) groups is 3. The number of aliphatic carboxylic acids is 1. The third-order valence-corrected chi connectivity index (χ3v) is 9.01. The van der Waals surface area contributed by atoms with Gasteiger partial charge < -0.3 is 33.3 Å². The summed E-state index contributed by atoms with van der Waals surface area (Å²) in [5.41, 5.74) is 0. The van der Waals surface area contributed by atoms with Gasteiger partial charge in [-0.1, -0.05) is 148 Å². The fourth-order valence-electron chi connectivity index (χ4n) is 5.69. The van der Waals surface area contributed by atoms with Gasteiger partial charge in [0.15, 0.2) is 12.4 Å². The van der Waals surface area contributed by atoms with E-state index in [1.807, 2.05) is 21.1 Å². The summed E-state index contributed by atoms with van der Waals surface area (Å²) >= 11 is 0. The maximum Gasteiger partial charge on any atom is 0.306 e. The highest BCUT2D eigenvalue weighted by Gasteiger charge is 2.21. The van der Waals surface area contributed by atoms with E-state index in [9.17, 15) is 19.5 Å². The van der Waals surface area contributed by atoms with Crippen LogP contribution in [-0.4, -0.2) is 82.3 Å². The molecule has 0 aliphatic rings.